The zero-order valence-electron chi connectivity index (χ0n) is 11.4. The SMILES string of the molecule is CC(C)(C)NCc1cc(F)c(OCC(F)(F)F)c(F)c1. The molecule has 0 spiro atoms. The van der Waals surface area contributed by atoms with Crippen LogP contribution in [0.25, 0.3) is 0 Å². The van der Waals surface area contributed by atoms with Crippen molar-refractivity contribution in [2.45, 2.75) is 39.0 Å². The topological polar surface area (TPSA) is 21.3 Å². The molecule has 1 N–H and O–H groups in total. The van der Waals surface area contributed by atoms with E-state index in [0.29, 0.717) is 0 Å². The Morgan fingerprint density at radius 2 is 1.55 bits per heavy atom. The minimum absolute atomic E-state index is 0.191. The zero-order chi connectivity index (χ0) is 15.6. The van der Waals surface area contributed by atoms with E-state index in [-0.39, 0.29) is 17.6 Å². The Hall–Kier alpha value is -1.37. The largest absolute Gasteiger partial charge is 0.478 e. The first-order valence-corrected chi connectivity index (χ1v) is 5.90. The summed E-state index contributed by atoms with van der Waals surface area (Å²) in [5, 5.41) is 3.01. The highest BCUT2D eigenvalue weighted by Gasteiger charge is 2.29. The summed E-state index contributed by atoms with van der Waals surface area (Å²) in [6, 6.07) is 1.90. The molecule has 0 unspecified atom stereocenters. The molecule has 0 radical (unpaired) electrons. The number of hydrogen-bond donors (Lipinski definition) is 1. The standard InChI is InChI=1S/C13H16F5NO/c1-12(2,3)19-6-8-4-9(14)11(10(15)5-8)20-7-13(16,17)18/h4-5,19H,6-7H2,1-3H3. The Kier molecular flexibility index (Phi) is 4.96. The van der Waals surface area contributed by atoms with Crippen molar-refractivity contribution in [1.29, 1.82) is 0 Å². The lowest BCUT2D eigenvalue weighted by Crippen LogP contribution is -2.35. The molecular formula is C13H16F5NO. The van der Waals surface area contributed by atoms with Gasteiger partial charge in [-0.25, -0.2) is 8.78 Å². The lowest BCUT2D eigenvalue weighted by atomic mass is 10.1. The van der Waals surface area contributed by atoms with E-state index < -0.39 is 30.2 Å². The molecule has 0 fully saturated rings. The Morgan fingerprint density at radius 3 is 1.95 bits per heavy atom. The van der Waals surface area contributed by atoms with Gasteiger partial charge in [-0.3, -0.25) is 0 Å². The van der Waals surface area contributed by atoms with Gasteiger partial charge in [-0.1, -0.05) is 0 Å². The van der Waals surface area contributed by atoms with Gasteiger partial charge in [0.15, 0.2) is 24.0 Å². The average Bonchev–Trinajstić information content (AvgIpc) is 2.22. The van der Waals surface area contributed by atoms with Crippen molar-refractivity contribution in [2.75, 3.05) is 6.61 Å². The van der Waals surface area contributed by atoms with E-state index in [1.165, 1.54) is 0 Å². The maximum absolute atomic E-state index is 13.5. The van der Waals surface area contributed by atoms with Gasteiger partial charge in [0.1, 0.15) is 0 Å². The Bertz CT molecular complexity index is 442. The maximum Gasteiger partial charge on any atom is 0.422 e. The van der Waals surface area contributed by atoms with Crippen LogP contribution in [0.4, 0.5) is 22.0 Å². The van der Waals surface area contributed by atoms with Gasteiger partial charge in [-0.15, -0.1) is 0 Å². The molecule has 0 heterocycles. The first-order chi connectivity index (χ1) is 8.98. The molecule has 0 saturated carbocycles. The fraction of sp³-hybridized carbons (Fsp3) is 0.538. The highest BCUT2D eigenvalue weighted by atomic mass is 19.4. The van der Waals surface area contributed by atoms with Crippen LogP contribution in [0.5, 0.6) is 5.75 Å². The predicted octanol–water partition coefficient (Wildman–Crippen LogP) is 3.79. The van der Waals surface area contributed by atoms with Gasteiger partial charge in [0.05, 0.1) is 0 Å². The molecule has 7 heteroatoms. The predicted molar refractivity (Wildman–Crippen MR) is 64.5 cm³/mol. The zero-order valence-corrected chi connectivity index (χ0v) is 11.4. The fourth-order valence-corrected chi connectivity index (χ4v) is 1.37. The van der Waals surface area contributed by atoms with Gasteiger partial charge in [0, 0.05) is 12.1 Å². The van der Waals surface area contributed by atoms with Crippen LogP contribution in [-0.2, 0) is 6.54 Å². The van der Waals surface area contributed by atoms with E-state index in [2.05, 4.69) is 10.1 Å². The molecule has 0 atom stereocenters. The van der Waals surface area contributed by atoms with Crippen LogP contribution in [0.3, 0.4) is 0 Å². The maximum atomic E-state index is 13.5. The third-order valence-corrected chi connectivity index (χ3v) is 2.26. The summed E-state index contributed by atoms with van der Waals surface area (Å²) >= 11 is 0. The van der Waals surface area contributed by atoms with Crippen molar-refractivity contribution in [2.24, 2.45) is 0 Å². The van der Waals surface area contributed by atoms with Crippen molar-refractivity contribution in [3.63, 3.8) is 0 Å². The van der Waals surface area contributed by atoms with E-state index in [0.717, 1.165) is 12.1 Å². The first-order valence-electron chi connectivity index (χ1n) is 5.90. The van der Waals surface area contributed by atoms with Gasteiger partial charge < -0.3 is 10.1 Å². The molecule has 1 aromatic rings. The summed E-state index contributed by atoms with van der Waals surface area (Å²) < 4.78 is 67.1. The summed E-state index contributed by atoms with van der Waals surface area (Å²) in [7, 11) is 0. The molecule has 2 nitrogen and oxygen atoms in total. The third-order valence-electron chi connectivity index (χ3n) is 2.26. The molecule has 1 rings (SSSR count). The lowest BCUT2D eigenvalue weighted by molar-refractivity contribution is -0.154. The number of hydrogen-bond acceptors (Lipinski definition) is 2. The van der Waals surface area contributed by atoms with Gasteiger partial charge >= 0.3 is 6.18 Å². The summed E-state index contributed by atoms with van der Waals surface area (Å²) in [5.74, 6) is -3.32. The van der Waals surface area contributed by atoms with Gasteiger partial charge in [-0.2, -0.15) is 13.2 Å². The van der Waals surface area contributed by atoms with Gasteiger partial charge in [-0.05, 0) is 38.5 Å². The smallest absolute Gasteiger partial charge is 0.422 e. The molecule has 0 aliphatic rings. The second-order valence-corrected chi connectivity index (χ2v) is 5.40. The van der Waals surface area contributed by atoms with Crippen LogP contribution in [0, 0.1) is 11.6 Å². The number of nitrogens with one attached hydrogen (secondary N) is 1. The molecule has 20 heavy (non-hydrogen) atoms. The highest BCUT2D eigenvalue weighted by molar-refractivity contribution is 5.31. The van der Waals surface area contributed by atoms with Crippen molar-refractivity contribution in [1.82, 2.24) is 5.32 Å². The van der Waals surface area contributed by atoms with Crippen LogP contribution in [0.2, 0.25) is 0 Å². The average molecular weight is 297 g/mol. The Labute approximate surface area is 113 Å². The molecule has 0 saturated heterocycles. The molecular weight excluding hydrogens is 281 g/mol. The number of alkyl halides is 3. The first kappa shape index (κ1) is 16.7. The Morgan fingerprint density at radius 1 is 1.05 bits per heavy atom. The van der Waals surface area contributed by atoms with Crippen molar-refractivity contribution in [3.8, 4) is 5.75 Å². The normalized spacial score (nSPS) is 12.6. The summed E-state index contributed by atoms with van der Waals surface area (Å²) in [6.45, 7) is 4.08. The minimum atomic E-state index is -4.65. The van der Waals surface area contributed by atoms with E-state index >= 15 is 0 Å². The molecule has 0 bridgehead atoms. The van der Waals surface area contributed by atoms with Crippen LogP contribution in [0.1, 0.15) is 26.3 Å². The number of ether oxygens (including phenoxy) is 1. The van der Waals surface area contributed by atoms with E-state index in [1.807, 2.05) is 20.8 Å². The summed E-state index contributed by atoms with van der Waals surface area (Å²) in [5.41, 5.74) is 0.0348. The van der Waals surface area contributed by atoms with Crippen LogP contribution < -0.4 is 10.1 Å². The van der Waals surface area contributed by atoms with Gasteiger partial charge in [0.2, 0.25) is 0 Å². The van der Waals surface area contributed by atoms with Crippen molar-refractivity contribution < 1.29 is 26.7 Å². The van der Waals surface area contributed by atoms with E-state index in [9.17, 15) is 22.0 Å². The molecule has 0 aliphatic heterocycles. The van der Waals surface area contributed by atoms with Crippen molar-refractivity contribution in [3.05, 3.63) is 29.3 Å². The second-order valence-electron chi connectivity index (χ2n) is 5.40. The third kappa shape index (κ3) is 5.73. The molecule has 1 aromatic carbocycles. The van der Waals surface area contributed by atoms with Crippen LogP contribution >= 0.6 is 0 Å². The van der Waals surface area contributed by atoms with Crippen molar-refractivity contribution >= 4 is 0 Å². The fourth-order valence-electron chi connectivity index (χ4n) is 1.37. The number of benzene rings is 1. The number of halogens is 5. The van der Waals surface area contributed by atoms with Gasteiger partial charge in [0.25, 0.3) is 0 Å². The molecule has 0 amide bonds. The monoisotopic (exact) mass is 297 g/mol. The molecule has 114 valence electrons. The lowest BCUT2D eigenvalue weighted by Gasteiger charge is -2.21. The second kappa shape index (κ2) is 5.95. The van der Waals surface area contributed by atoms with E-state index in [4.69, 9.17) is 0 Å². The van der Waals surface area contributed by atoms with Crippen LogP contribution in [-0.4, -0.2) is 18.3 Å². The quantitative estimate of drug-likeness (QED) is 0.854. The number of rotatable bonds is 4. The minimum Gasteiger partial charge on any atom is -0.478 e. The summed E-state index contributed by atoms with van der Waals surface area (Å²) in [6.07, 6.45) is -4.65. The van der Waals surface area contributed by atoms with Crippen LogP contribution in [0.15, 0.2) is 12.1 Å². The summed E-state index contributed by atoms with van der Waals surface area (Å²) in [4.78, 5) is 0. The molecule has 0 aliphatic carbocycles. The molecule has 0 aromatic heterocycles. The van der Waals surface area contributed by atoms with E-state index in [1.54, 1.807) is 0 Å². The highest BCUT2D eigenvalue weighted by Crippen LogP contribution is 2.26. The Balaban J connectivity index is 2.81.